The second-order valence-electron chi connectivity index (χ2n) is 11.7. The first-order chi connectivity index (χ1) is 13.1. The van der Waals surface area contributed by atoms with Crippen LogP contribution in [0.5, 0.6) is 0 Å². The molecule has 0 spiro atoms. The fourth-order valence-corrected chi connectivity index (χ4v) is 9.25. The molecule has 0 bridgehead atoms. The largest absolute Gasteiger partial charge is 0.481 e. The van der Waals surface area contributed by atoms with Crippen LogP contribution in [0.25, 0.3) is 0 Å². The molecule has 158 valence electrons. The lowest BCUT2D eigenvalue weighted by molar-refractivity contribution is -0.171. The first kappa shape index (κ1) is 20.4. The lowest BCUT2D eigenvalue weighted by Gasteiger charge is -2.65. The number of carbonyl (C=O) groups excluding carboxylic acids is 1. The van der Waals surface area contributed by atoms with Crippen LogP contribution in [0, 0.1) is 45.8 Å². The Kier molecular flexibility index (Phi) is 4.99. The maximum absolute atomic E-state index is 12.1. The van der Waals surface area contributed by atoms with Gasteiger partial charge in [0.25, 0.3) is 0 Å². The summed E-state index contributed by atoms with van der Waals surface area (Å²) in [5.41, 5.74) is 1.13. The van der Waals surface area contributed by atoms with E-state index < -0.39 is 5.97 Å². The van der Waals surface area contributed by atoms with E-state index in [1.54, 1.807) is 0 Å². The molecule has 4 saturated carbocycles. The standard InChI is InChI=1S/C25H40O3/c1-16(5-8-22(27)28)19-6-7-20-24(19,3)14-11-21-23(2)13-10-18(26)15-17(23)9-12-25(20,21)4/h16-17,19-21H,5-15H2,1-4H3,(H,27,28)/t16-,17+,19-,20-,21-,23+,24-,25+/m1/s1. The van der Waals surface area contributed by atoms with E-state index in [2.05, 4.69) is 27.7 Å². The molecular weight excluding hydrogens is 348 g/mol. The average Bonchev–Trinajstić information content (AvgIpc) is 2.99. The molecule has 4 rings (SSSR count). The summed E-state index contributed by atoms with van der Waals surface area (Å²) >= 11 is 0. The Bertz CT molecular complexity index is 656. The number of ketones is 1. The van der Waals surface area contributed by atoms with Crippen LogP contribution in [-0.2, 0) is 9.59 Å². The highest BCUT2D eigenvalue weighted by atomic mass is 16.4. The monoisotopic (exact) mass is 388 g/mol. The Balaban J connectivity index is 1.58. The zero-order chi connectivity index (χ0) is 20.3. The van der Waals surface area contributed by atoms with Crippen molar-refractivity contribution in [2.24, 2.45) is 45.8 Å². The molecule has 3 heteroatoms. The number of carbonyl (C=O) groups is 2. The summed E-state index contributed by atoms with van der Waals surface area (Å²) in [6.45, 7) is 9.98. The normalized spacial score (nSPS) is 49.1. The smallest absolute Gasteiger partial charge is 0.303 e. The van der Waals surface area contributed by atoms with Crippen molar-refractivity contribution in [3.63, 3.8) is 0 Å². The van der Waals surface area contributed by atoms with Gasteiger partial charge in [-0.15, -0.1) is 0 Å². The van der Waals surface area contributed by atoms with Crippen LogP contribution in [0.4, 0.5) is 0 Å². The van der Waals surface area contributed by atoms with E-state index in [4.69, 9.17) is 5.11 Å². The van der Waals surface area contributed by atoms with Crippen LogP contribution in [0.1, 0.15) is 98.3 Å². The second kappa shape index (κ2) is 6.84. The highest BCUT2D eigenvalue weighted by molar-refractivity contribution is 5.79. The number of carboxylic acid groups (broad SMARTS) is 1. The third kappa shape index (κ3) is 2.89. The summed E-state index contributed by atoms with van der Waals surface area (Å²) in [6, 6.07) is 0. The number of hydrogen-bond acceptors (Lipinski definition) is 2. The molecule has 3 nitrogen and oxygen atoms in total. The highest BCUT2D eigenvalue weighted by Crippen LogP contribution is 2.72. The van der Waals surface area contributed by atoms with Gasteiger partial charge in [-0.25, -0.2) is 0 Å². The highest BCUT2D eigenvalue weighted by Gasteiger charge is 2.65. The SMILES string of the molecule is C[C@H](CCC(=O)O)[C@H]1CC[C@H]2[C@]3(C)CC[C@H]4CC(=O)CC[C@]4(C)[C@H]3CC[C@@]21C. The summed E-state index contributed by atoms with van der Waals surface area (Å²) in [6.07, 6.45) is 11.6. The van der Waals surface area contributed by atoms with Crippen molar-refractivity contribution in [2.75, 3.05) is 0 Å². The predicted molar refractivity (Wildman–Crippen MR) is 111 cm³/mol. The molecule has 4 aliphatic carbocycles. The molecule has 0 heterocycles. The molecule has 4 fully saturated rings. The lowest BCUT2D eigenvalue weighted by Crippen LogP contribution is -2.58. The summed E-state index contributed by atoms with van der Waals surface area (Å²) in [5.74, 6) is 3.17. The topological polar surface area (TPSA) is 54.4 Å². The Morgan fingerprint density at radius 3 is 2.39 bits per heavy atom. The number of aliphatic carboxylic acids is 1. The Hall–Kier alpha value is -0.860. The van der Waals surface area contributed by atoms with E-state index in [1.165, 1.54) is 38.5 Å². The van der Waals surface area contributed by atoms with E-state index in [9.17, 15) is 9.59 Å². The number of rotatable bonds is 4. The van der Waals surface area contributed by atoms with E-state index in [0.717, 1.165) is 37.5 Å². The predicted octanol–water partition coefficient (Wildman–Crippen LogP) is 6.11. The molecule has 28 heavy (non-hydrogen) atoms. The molecule has 0 amide bonds. The minimum Gasteiger partial charge on any atom is -0.481 e. The molecule has 0 unspecified atom stereocenters. The first-order valence-corrected chi connectivity index (χ1v) is 11.8. The Morgan fingerprint density at radius 2 is 1.68 bits per heavy atom. The van der Waals surface area contributed by atoms with Crippen LogP contribution < -0.4 is 0 Å². The van der Waals surface area contributed by atoms with Gasteiger partial charge in [0.05, 0.1) is 0 Å². The molecule has 0 aromatic rings. The van der Waals surface area contributed by atoms with Crippen molar-refractivity contribution < 1.29 is 14.7 Å². The number of carboxylic acids is 1. The van der Waals surface area contributed by atoms with Gasteiger partial charge in [-0.3, -0.25) is 9.59 Å². The molecule has 0 aromatic heterocycles. The van der Waals surface area contributed by atoms with E-state index in [-0.39, 0.29) is 0 Å². The molecule has 0 saturated heterocycles. The quantitative estimate of drug-likeness (QED) is 0.632. The van der Waals surface area contributed by atoms with Crippen LogP contribution >= 0.6 is 0 Å². The first-order valence-electron chi connectivity index (χ1n) is 11.8. The third-order valence-corrected chi connectivity index (χ3v) is 10.7. The van der Waals surface area contributed by atoms with Crippen molar-refractivity contribution in [1.29, 1.82) is 0 Å². The molecular formula is C25H40O3. The lowest BCUT2D eigenvalue weighted by atomic mass is 9.39. The van der Waals surface area contributed by atoms with E-state index >= 15 is 0 Å². The van der Waals surface area contributed by atoms with Crippen LogP contribution in [0.3, 0.4) is 0 Å². The number of fused-ring (bicyclic) bond motifs is 5. The summed E-state index contributed by atoms with van der Waals surface area (Å²) in [7, 11) is 0. The molecule has 4 aliphatic rings. The fraction of sp³-hybridized carbons (Fsp3) is 0.920. The van der Waals surface area contributed by atoms with Crippen molar-refractivity contribution in [1.82, 2.24) is 0 Å². The minimum absolute atomic E-state index is 0.312. The van der Waals surface area contributed by atoms with Crippen molar-refractivity contribution in [3.05, 3.63) is 0 Å². The van der Waals surface area contributed by atoms with Gasteiger partial charge in [-0.05, 0) is 97.2 Å². The van der Waals surface area contributed by atoms with Gasteiger partial charge in [-0.2, -0.15) is 0 Å². The molecule has 0 aliphatic heterocycles. The molecule has 0 radical (unpaired) electrons. The molecule has 0 aromatic carbocycles. The van der Waals surface area contributed by atoms with Crippen molar-refractivity contribution >= 4 is 11.8 Å². The summed E-state index contributed by atoms with van der Waals surface area (Å²) in [5, 5.41) is 9.13. The summed E-state index contributed by atoms with van der Waals surface area (Å²) < 4.78 is 0. The zero-order valence-electron chi connectivity index (χ0n) is 18.4. The molecule has 8 atom stereocenters. The zero-order valence-corrected chi connectivity index (χ0v) is 18.4. The minimum atomic E-state index is -0.652. The van der Waals surface area contributed by atoms with Gasteiger partial charge >= 0.3 is 5.97 Å². The second-order valence-corrected chi connectivity index (χ2v) is 11.7. The van der Waals surface area contributed by atoms with E-state index in [0.29, 0.717) is 46.2 Å². The maximum atomic E-state index is 12.1. The maximum Gasteiger partial charge on any atom is 0.303 e. The Labute approximate surface area is 171 Å². The van der Waals surface area contributed by atoms with Crippen molar-refractivity contribution in [2.45, 2.75) is 98.3 Å². The third-order valence-electron chi connectivity index (χ3n) is 10.7. The molecule has 1 N–H and O–H groups in total. The fourth-order valence-electron chi connectivity index (χ4n) is 9.25. The Morgan fingerprint density at radius 1 is 1.00 bits per heavy atom. The number of hydrogen-bond donors (Lipinski definition) is 1. The van der Waals surface area contributed by atoms with Gasteiger partial charge in [-0.1, -0.05) is 27.7 Å². The average molecular weight is 389 g/mol. The van der Waals surface area contributed by atoms with Gasteiger partial charge in [0.15, 0.2) is 0 Å². The van der Waals surface area contributed by atoms with Crippen LogP contribution in [0.2, 0.25) is 0 Å². The van der Waals surface area contributed by atoms with Gasteiger partial charge in [0.2, 0.25) is 0 Å². The van der Waals surface area contributed by atoms with Gasteiger partial charge in [0.1, 0.15) is 5.78 Å². The van der Waals surface area contributed by atoms with Crippen LogP contribution in [0.15, 0.2) is 0 Å². The number of Topliss-reactive ketones (excluding diaryl/α,β-unsaturated/α-hetero) is 1. The van der Waals surface area contributed by atoms with Gasteiger partial charge < -0.3 is 5.11 Å². The summed E-state index contributed by atoms with van der Waals surface area (Å²) in [4.78, 5) is 23.2. The van der Waals surface area contributed by atoms with Crippen molar-refractivity contribution in [3.8, 4) is 0 Å². The van der Waals surface area contributed by atoms with Gasteiger partial charge in [0, 0.05) is 19.3 Å². The van der Waals surface area contributed by atoms with E-state index in [1.807, 2.05) is 0 Å². The van der Waals surface area contributed by atoms with Crippen LogP contribution in [-0.4, -0.2) is 16.9 Å².